The highest BCUT2D eigenvalue weighted by Gasteiger charge is 2.39. The minimum atomic E-state index is 0.297. The lowest BCUT2D eigenvalue weighted by atomic mass is 9.85. The number of aromatic nitrogens is 3. The van der Waals surface area contributed by atoms with Crippen molar-refractivity contribution in [3.8, 4) is 5.75 Å². The lowest BCUT2D eigenvalue weighted by Gasteiger charge is -2.33. The molecule has 3 aliphatic rings. The molecule has 3 aromatic heterocycles. The molecule has 1 aromatic carbocycles. The summed E-state index contributed by atoms with van der Waals surface area (Å²) in [5.74, 6) is 1.71. The third-order valence-electron chi connectivity index (χ3n) is 7.83. The highest BCUT2D eigenvalue weighted by atomic mass is 35.5. The van der Waals surface area contributed by atoms with Crippen molar-refractivity contribution in [2.75, 3.05) is 44.7 Å². The minimum absolute atomic E-state index is 0.297. The van der Waals surface area contributed by atoms with E-state index >= 15 is 0 Å². The van der Waals surface area contributed by atoms with Gasteiger partial charge in [0.1, 0.15) is 29.3 Å². The molecular formula is C29H30ClN7O2S. The fourth-order valence-corrected chi connectivity index (χ4v) is 7.32. The molecule has 0 bridgehead atoms. The van der Waals surface area contributed by atoms with Gasteiger partial charge in [-0.25, -0.2) is 9.97 Å². The zero-order valence-corrected chi connectivity index (χ0v) is 23.6. The normalized spacial score (nSPS) is 20.5. The SMILES string of the molecule is Clc1cc(Nc2ncnc3sc4c(c23)CCC2C4C=NN2CCN2CCOCC2)ccc1OCc1ccccn1. The largest absolute Gasteiger partial charge is 0.486 e. The Morgan fingerprint density at radius 2 is 2.02 bits per heavy atom. The van der Waals surface area contributed by atoms with Gasteiger partial charge in [0.2, 0.25) is 0 Å². The first-order valence-electron chi connectivity index (χ1n) is 13.7. The molecule has 4 aromatic rings. The van der Waals surface area contributed by atoms with Crippen LogP contribution >= 0.6 is 22.9 Å². The quantitative estimate of drug-likeness (QED) is 0.311. The van der Waals surface area contributed by atoms with Crippen LogP contribution in [0.5, 0.6) is 5.75 Å². The number of aryl methyl sites for hydroxylation is 1. The van der Waals surface area contributed by atoms with Crippen LogP contribution in [0.25, 0.3) is 10.2 Å². The van der Waals surface area contributed by atoms with Crippen LogP contribution < -0.4 is 10.1 Å². The number of fused-ring (bicyclic) bond motifs is 5. The number of halogens is 1. The van der Waals surface area contributed by atoms with Gasteiger partial charge >= 0.3 is 0 Å². The van der Waals surface area contributed by atoms with Gasteiger partial charge in [-0.05, 0) is 48.7 Å². The predicted octanol–water partition coefficient (Wildman–Crippen LogP) is 5.09. The van der Waals surface area contributed by atoms with Crippen molar-refractivity contribution in [1.82, 2.24) is 24.9 Å². The van der Waals surface area contributed by atoms with E-state index in [-0.39, 0.29) is 0 Å². The van der Waals surface area contributed by atoms with Gasteiger partial charge in [-0.2, -0.15) is 5.10 Å². The fraction of sp³-hybridized carbons (Fsp3) is 0.379. The summed E-state index contributed by atoms with van der Waals surface area (Å²) in [6.45, 7) is 6.00. The third kappa shape index (κ3) is 5.12. The number of rotatable bonds is 8. The van der Waals surface area contributed by atoms with E-state index in [1.807, 2.05) is 36.4 Å². The zero-order valence-electron chi connectivity index (χ0n) is 22.0. The fourth-order valence-electron chi connectivity index (χ4n) is 5.77. The van der Waals surface area contributed by atoms with Gasteiger partial charge < -0.3 is 14.8 Å². The van der Waals surface area contributed by atoms with Crippen molar-refractivity contribution in [1.29, 1.82) is 0 Å². The molecule has 1 fully saturated rings. The van der Waals surface area contributed by atoms with Gasteiger partial charge in [0.05, 0.1) is 41.3 Å². The van der Waals surface area contributed by atoms with Gasteiger partial charge in [-0.1, -0.05) is 17.7 Å². The standard InChI is InChI=1S/C29H30ClN7O2S/c30-23-15-19(4-7-25(23)39-17-20-3-1-2-8-31-20)35-28-26-21-5-6-24-22(27(21)40-29(26)33-18-32-28)16-34-37(24)10-9-36-11-13-38-14-12-36/h1-4,7-8,15-16,18,22,24H,5-6,9-14,17H2,(H,32,33,35). The maximum Gasteiger partial charge on any atom is 0.142 e. The lowest BCUT2D eigenvalue weighted by Crippen LogP contribution is -2.43. The Morgan fingerprint density at radius 1 is 1.10 bits per heavy atom. The second-order valence-electron chi connectivity index (χ2n) is 10.2. The number of hydrogen-bond acceptors (Lipinski definition) is 10. The molecule has 1 N–H and O–H groups in total. The maximum atomic E-state index is 6.58. The Kier molecular flexibility index (Phi) is 7.24. The van der Waals surface area contributed by atoms with E-state index in [2.05, 4.69) is 36.4 Å². The summed E-state index contributed by atoms with van der Waals surface area (Å²) < 4.78 is 11.4. The van der Waals surface area contributed by atoms with E-state index in [0.717, 1.165) is 79.7 Å². The van der Waals surface area contributed by atoms with Crippen LogP contribution in [0.3, 0.4) is 0 Å². The average Bonchev–Trinajstić information content (AvgIpc) is 3.58. The number of morpholine rings is 1. The summed E-state index contributed by atoms with van der Waals surface area (Å²) in [6.07, 6.45) is 7.57. The van der Waals surface area contributed by atoms with Crippen LogP contribution in [0.4, 0.5) is 11.5 Å². The first-order chi connectivity index (χ1) is 19.7. The maximum absolute atomic E-state index is 6.58. The number of thiophene rings is 1. The van der Waals surface area contributed by atoms with Crippen molar-refractivity contribution >= 4 is 50.9 Å². The molecule has 0 saturated carbocycles. The van der Waals surface area contributed by atoms with Crippen LogP contribution in [0.1, 0.15) is 28.5 Å². The van der Waals surface area contributed by atoms with Crippen molar-refractivity contribution in [3.05, 3.63) is 70.1 Å². The van der Waals surface area contributed by atoms with Crippen molar-refractivity contribution in [2.24, 2.45) is 5.10 Å². The Bertz CT molecular complexity index is 1530. The monoisotopic (exact) mass is 575 g/mol. The molecule has 1 aliphatic carbocycles. The Hall–Kier alpha value is -3.31. The van der Waals surface area contributed by atoms with Gasteiger partial charge in [0.15, 0.2) is 0 Å². The van der Waals surface area contributed by atoms with E-state index in [1.54, 1.807) is 23.9 Å². The van der Waals surface area contributed by atoms with Crippen LogP contribution in [-0.4, -0.2) is 76.5 Å². The average molecular weight is 576 g/mol. The van der Waals surface area contributed by atoms with Gasteiger partial charge in [0, 0.05) is 49.2 Å². The first-order valence-corrected chi connectivity index (χ1v) is 14.9. The minimum Gasteiger partial charge on any atom is -0.486 e. The number of nitrogens with one attached hydrogen (secondary N) is 1. The second kappa shape index (κ2) is 11.3. The van der Waals surface area contributed by atoms with E-state index in [1.165, 1.54) is 10.4 Å². The molecular weight excluding hydrogens is 546 g/mol. The van der Waals surface area contributed by atoms with E-state index in [9.17, 15) is 0 Å². The predicted molar refractivity (Wildman–Crippen MR) is 158 cm³/mol. The molecule has 1 saturated heterocycles. The van der Waals surface area contributed by atoms with Gasteiger partial charge in [-0.3, -0.25) is 14.9 Å². The highest BCUT2D eigenvalue weighted by Crippen LogP contribution is 2.46. The van der Waals surface area contributed by atoms with Crippen molar-refractivity contribution < 1.29 is 9.47 Å². The number of pyridine rings is 1. The Balaban J connectivity index is 1.07. The number of hydrazone groups is 1. The van der Waals surface area contributed by atoms with Crippen molar-refractivity contribution in [2.45, 2.75) is 31.4 Å². The number of ether oxygens (including phenoxy) is 2. The molecule has 40 heavy (non-hydrogen) atoms. The summed E-state index contributed by atoms with van der Waals surface area (Å²) in [5.41, 5.74) is 3.04. The molecule has 2 atom stereocenters. The molecule has 0 radical (unpaired) electrons. The van der Waals surface area contributed by atoms with Crippen LogP contribution in [0.2, 0.25) is 5.02 Å². The molecule has 2 aliphatic heterocycles. The molecule has 206 valence electrons. The smallest absolute Gasteiger partial charge is 0.142 e. The summed E-state index contributed by atoms with van der Waals surface area (Å²) in [7, 11) is 0. The van der Waals surface area contributed by atoms with Crippen LogP contribution in [0, 0.1) is 0 Å². The molecule has 11 heteroatoms. The molecule has 0 spiro atoms. The number of hydrogen-bond donors (Lipinski definition) is 1. The Labute approximate surface area is 241 Å². The van der Waals surface area contributed by atoms with E-state index < -0.39 is 0 Å². The summed E-state index contributed by atoms with van der Waals surface area (Å²) in [6, 6.07) is 11.9. The van der Waals surface area contributed by atoms with Crippen molar-refractivity contribution in [3.63, 3.8) is 0 Å². The molecule has 0 amide bonds. The number of nitrogens with zero attached hydrogens (tertiary/aromatic N) is 6. The number of anilines is 2. The highest BCUT2D eigenvalue weighted by molar-refractivity contribution is 7.19. The Morgan fingerprint density at radius 3 is 2.88 bits per heavy atom. The topological polar surface area (TPSA) is 88.0 Å². The van der Waals surface area contributed by atoms with E-state index in [0.29, 0.717) is 29.3 Å². The number of benzene rings is 1. The van der Waals surface area contributed by atoms with Crippen LogP contribution in [0.15, 0.2) is 54.0 Å². The summed E-state index contributed by atoms with van der Waals surface area (Å²) in [5, 5.41) is 12.3. The van der Waals surface area contributed by atoms with Gasteiger partial charge in [0.25, 0.3) is 0 Å². The molecule has 5 heterocycles. The van der Waals surface area contributed by atoms with Crippen LogP contribution in [-0.2, 0) is 17.8 Å². The molecule has 9 nitrogen and oxygen atoms in total. The first kappa shape index (κ1) is 25.6. The van der Waals surface area contributed by atoms with Gasteiger partial charge in [-0.15, -0.1) is 11.3 Å². The lowest BCUT2D eigenvalue weighted by molar-refractivity contribution is 0.0312. The second-order valence-corrected chi connectivity index (χ2v) is 11.7. The summed E-state index contributed by atoms with van der Waals surface area (Å²) in [4.78, 5) is 18.4. The zero-order chi connectivity index (χ0) is 26.9. The summed E-state index contributed by atoms with van der Waals surface area (Å²) >= 11 is 8.35. The molecule has 2 unspecified atom stereocenters. The molecule has 7 rings (SSSR count). The van der Waals surface area contributed by atoms with E-state index in [4.69, 9.17) is 26.2 Å². The third-order valence-corrected chi connectivity index (χ3v) is 9.37.